The second-order valence-electron chi connectivity index (χ2n) is 18.9. The number of unbranched alkanes of at least 4 members (excludes halogenated alkanes) is 7. The molecule has 69 heavy (non-hydrogen) atoms. The molecule has 3 aromatic rings. The molecule has 3 aromatic carbocycles. The lowest BCUT2D eigenvalue weighted by Gasteiger charge is -2.33. The van der Waals surface area contributed by atoms with Gasteiger partial charge in [-0.2, -0.15) is 0 Å². The van der Waals surface area contributed by atoms with E-state index in [1.807, 2.05) is 19.9 Å². The lowest BCUT2D eigenvalue weighted by Crippen LogP contribution is -2.54. The normalized spacial score (nSPS) is 17.5. The van der Waals surface area contributed by atoms with Crippen LogP contribution in [0.4, 0.5) is 11.4 Å². The first-order valence-electron chi connectivity index (χ1n) is 24.7. The van der Waals surface area contributed by atoms with Crippen molar-refractivity contribution in [2.24, 2.45) is 4.99 Å². The Hall–Kier alpha value is -5.45. The number of carbonyl (C=O) groups is 4. The molecular formula is C52H71ClN8O7S. The zero-order valence-corrected chi connectivity index (χ0v) is 42.4. The summed E-state index contributed by atoms with van der Waals surface area (Å²) in [5.74, 6) is 0.242. The number of para-hydroxylation sites is 1. The zero-order valence-electron chi connectivity index (χ0n) is 40.8. The van der Waals surface area contributed by atoms with Crippen molar-refractivity contribution >= 4 is 62.3 Å². The van der Waals surface area contributed by atoms with Gasteiger partial charge in [-0.25, -0.2) is 13.4 Å². The summed E-state index contributed by atoms with van der Waals surface area (Å²) in [7, 11) is -3.54. The Kier molecular flexibility index (Phi) is 19.5. The third-order valence-corrected chi connectivity index (χ3v) is 15.4. The Morgan fingerprint density at radius 3 is 2.22 bits per heavy atom. The van der Waals surface area contributed by atoms with Gasteiger partial charge >= 0.3 is 0 Å². The lowest BCUT2D eigenvalue weighted by atomic mass is 9.86. The molecule has 4 amide bonds. The fourth-order valence-electron chi connectivity index (χ4n) is 9.00. The van der Waals surface area contributed by atoms with Gasteiger partial charge in [-0.15, -0.1) is 0 Å². The minimum atomic E-state index is -3.54. The van der Waals surface area contributed by atoms with Gasteiger partial charge < -0.3 is 25.6 Å². The van der Waals surface area contributed by atoms with Gasteiger partial charge in [0.25, 0.3) is 0 Å². The Morgan fingerprint density at radius 2 is 1.54 bits per heavy atom. The molecule has 0 aliphatic carbocycles. The van der Waals surface area contributed by atoms with Crippen LogP contribution in [0.5, 0.6) is 5.75 Å². The third kappa shape index (κ3) is 15.3. The standard InChI is InChI=1S/C52H71ClN8O7S/c1-35(2)68-44-32-40(37(5)31-43(44)55-47-34-61(46(53)33-54-47)59-41-21-16-17-22-45(41)69(66,67)36(3)4)38-26-29-60(30-27-38)28-18-11-9-7-6-8-10-15-23-48(62)57-50(39-19-13-12-14-20-39)52(65)56-42-24-25-49(63)58-51(42)64/h12-14,16-17,19-22,31-33,35-36,38,42,50,59H,6-11,15,18,23-30,34H2,1-5H3,(H,54,55)(H,56,65)(H,57,62)(H,58,63,64)/t42?,50-/m0/s1. The van der Waals surface area contributed by atoms with Crippen molar-refractivity contribution in [2.75, 3.05) is 36.9 Å². The van der Waals surface area contributed by atoms with E-state index in [1.165, 1.54) is 43.0 Å². The summed E-state index contributed by atoms with van der Waals surface area (Å²) in [5.41, 5.74) is 7.58. The van der Waals surface area contributed by atoms with E-state index in [4.69, 9.17) is 16.3 Å². The summed E-state index contributed by atoms with van der Waals surface area (Å²) in [6.45, 7) is 13.0. The van der Waals surface area contributed by atoms with Crippen LogP contribution < -0.4 is 31.4 Å². The molecule has 0 aromatic heterocycles. The topological polar surface area (TPSA) is 191 Å². The highest BCUT2D eigenvalue weighted by Gasteiger charge is 2.32. The van der Waals surface area contributed by atoms with Gasteiger partial charge in [-0.1, -0.05) is 92.6 Å². The Bertz CT molecular complexity index is 2420. The number of rotatable bonds is 23. The summed E-state index contributed by atoms with van der Waals surface area (Å²) in [6, 6.07) is 18.4. The van der Waals surface area contributed by atoms with E-state index < -0.39 is 39.0 Å². The fraction of sp³-hybridized carbons (Fsp3) is 0.519. The number of halogens is 1. The molecule has 2 atom stereocenters. The molecule has 0 saturated carbocycles. The minimum Gasteiger partial charge on any atom is -0.489 e. The smallest absolute Gasteiger partial charge is 0.249 e. The van der Waals surface area contributed by atoms with E-state index in [-0.39, 0.29) is 42.2 Å². The summed E-state index contributed by atoms with van der Waals surface area (Å²) in [4.78, 5) is 57.3. The number of nitrogens with one attached hydrogen (secondary N) is 5. The monoisotopic (exact) mass is 986 g/mol. The van der Waals surface area contributed by atoms with Gasteiger partial charge in [0.05, 0.1) is 40.4 Å². The number of likely N-dealkylation sites (tertiary alicyclic amines) is 1. The van der Waals surface area contributed by atoms with Crippen LogP contribution in [0.25, 0.3) is 0 Å². The van der Waals surface area contributed by atoms with Gasteiger partial charge in [0.15, 0.2) is 9.84 Å². The van der Waals surface area contributed by atoms with E-state index >= 15 is 0 Å². The second-order valence-corrected chi connectivity index (χ2v) is 21.8. The summed E-state index contributed by atoms with van der Waals surface area (Å²) in [5, 5.41) is 12.7. The van der Waals surface area contributed by atoms with Crippen molar-refractivity contribution in [2.45, 2.75) is 152 Å². The Morgan fingerprint density at radius 1 is 0.870 bits per heavy atom. The molecule has 3 heterocycles. The van der Waals surface area contributed by atoms with E-state index in [0.717, 1.165) is 69.6 Å². The maximum Gasteiger partial charge on any atom is 0.249 e. The minimum absolute atomic E-state index is 0.0419. The molecule has 374 valence electrons. The maximum atomic E-state index is 13.2. The van der Waals surface area contributed by atoms with Crippen molar-refractivity contribution in [3.8, 4) is 5.75 Å². The average Bonchev–Trinajstić information content (AvgIpc) is 3.32. The highest BCUT2D eigenvalue weighted by molar-refractivity contribution is 7.92. The molecule has 2 fully saturated rings. The molecule has 3 aliphatic heterocycles. The first-order valence-corrected chi connectivity index (χ1v) is 26.6. The van der Waals surface area contributed by atoms with E-state index in [1.54, 1.807) is 67.4 Å². The second kappa shape index (κ2) is 25.4. The molecular weight excluding hydrogens is 916 g/mol. The first-order chi connectivity index (χ1) is 33.1. The number of carbonyl (C=O) groups excluding carboxylic acids is 4. The number of anilines is 2. The number of ether oxygens (including phenoxy) is 1. The van der Waals surface area contributed by atoms with Crippen LogP contribution in [0.1, 0.15) is 140 Å². The molecule has 0 spiro atoms. The van der Waals surface area contributed by atoms with Gasteiger partial charge in [-0.05, 0) is 133 Å². The van der Waals surface area contributed by atoms with E-state index in [9.17, 15) is 27.6 Å². The summed E-state index contributed by atoms with van der Waals surface area (Å²) in [6.07, 6.45) is 12.9. The largest absolute Gasteiger partial charge is 0.489 e. The third-order valence-electron chi connectivity index (χ3n) is 12.9. The highest BCUT2D eigenvalue weighted by atomic mass is 35.5. The number of benzene rings is 3. The number of amidine groups is 1. The van der Waals surface area contributed by atoms with Crippen molar-refractivity contribution in [3.63, 3.8) is 0 Å². The number of imide groups is 1. The van der Waals surface area contributed by atoms with Crippen LogP contribution >= 0.6 is 11.6 Å². The number of nitrogens with zero attached hydrogens (tertiary/aromatic N) is 3. The number of hydrazine groups is 1. The number of sulfone groups is 1. The van der Waals surface area contributed by atoms with Gasteiger partial charge in [0.2, 0.25) is 23.6 Å². The molecule has 6 rings (SSSR count). The molecule has 15 nitrogen and oxygen atoms in total. The van der Waals surface area contributed by atoms with Crippen LogP contribution in [0.15, 0.2) is 88.0 Å². The molecule has 2 saturated heterocycles. The number of aliphatic imine (C=N–C) groups is 1. The van der Waals surface area contributed by atoms with Gasteiger partial charge in [0, 0.05) is 12.8 Å². The lowest BCUT2D eigenvalue weighted by molar-refractivity contribution is -0.138. The average molecular weight is 988 g/mol. The Labute approximate surface area is 413 Å². The molecule has 5 N–H and O–H groups in total. The number of amides is 4. The quantitative estimate of drug-likeness (QED) is 0.0347. The summed E-state index contributed by atoms with van der Waals surface area (Å²) < 4.78 is 32.6. The van der Waals surface area contributed by atoms with Crippen molar-refractivity contribution in [1.29, 1.82) is 0 Å². The first kappa shape index (κ1) is 52.9. The fourth-order valence-corrected chi connectivity index (χ4v) is 10.3. The van der Waals surface area contributed by atoms with Gasteiger partial charge in [-0.3, -0.25) is 34.9 Å². The van der Waals surface area contributed by atoms with Crippen LogP contribution in [-0.4, -0.2) is 91.4 Å². The molecule has 17 heteroatoms. The van der Waals surface area contributed by atoms with Crippen molar-refractivity contribution < 1.29 is 32.3 Å². The van der Waals surface area contributed by atoms with E-state index in [0.29, 0.717) is 34.6 Å². The maximum absolute atomic E-state index is 13.2. The zero-order chi connectivity index (χ0) is 49.5. The van der Waals surface area contributed by atoms with Gasteiger partial charge in [0.1, 0.15) is 28.8 Å². The van der Waals surface area contributed by atoms with Crippen LogP contribution in [0.3, 0.4) is 0 Å². The van der Waals surface area contributed by atoms with Crippen LogP contribution in [0.2, 0.25) is 0 Å². The predicted molar refractivity (Wildman–Crippen MR) is 273 cm³/mol. The molecule has 1 unspecified atom stereocenters. The van der Waals surface area contributed by atoms with Crippen molar-refractivity contribution in [3.05, 3.63) is 94.8 Å². The highest BCUT2D eigenvalue weighted by Crippen LogP contribution is 2.38. The molecule has 0 radical (unpaired) electrons. The Balaban J connectivity index is 0.885. The number of hydrogen-bond acceptors (Lipinski definition) is 12. The number of aryl methyl sites for hydroxylation is 1. The number of piperidine rings is 2. The molecule has 0 bridgehead atoms. The molecule has 3 aliphatic rings. The predicted octanol–water partition coefficient (Wildman–Crippen LogP) is 8.62. The number of hydrogen-bond donors (Lipinski definition) is 5. The van der Waals surface area contributed by atoms with Crippen LogP contribution in [-0.2, 0) is 29.0 Å². The van der Waals surface area contributed by atoms with E-state index in [2.05, 4.69) is 55.6 Å². The summed E-state index contributed by atoms with van der Waals surface area (Å²) >= 11 is 6.58. The SMILES string of the molecule is Cc1cc(NC2=NC=C(Cl)N(Nc3ccccc3S(=O)(=O)C(C)C)C2)c(OC(C)C)cc1C1CCN(CCCCCCCCCCC(=O)N[C@H](C(=O)NC2CCC(=O)NC2=O)c2ccccc2)CC1. The van der Waals surface area contributed by atoms with Crippen LogP contribution in [0, 0.1) is 6.92 Å². The van der Waals surface area contributed by atoms with Crippen molar-refractivity contribution in [1.82, 2.24) is 25.9 Å².